The molecule has 0 saturated heterocycles. The molecular formula is C9H11ClFNO. The highest BCUT2D eigenvalue weighted by Crippen LogP contribution is 2.26. The lowest BCUT2D eigenvalue weighted by molar-refractivity contribution is 0.380. The Morgan fingerprint density at radius 2 is 2.23 bits per heavy atom. The Balaban J connectivity index is 3.13. The topological polar surface area (TPSA) is 21.3 Å². The first-order chi connectivity index (χ1) is 6.19. The van der Waals surface area contributed by atoms with Gasteiger partial charge in [0, 0.05) is 17.1 Å². The number of hydrogen-bond acceptors (Lipinski definition) is 2. The number of hydrogen-bond donors (Lipinski definition) is 1. The van der Waals surface area contributed by atoms with Crippen LogP contribution in [0.25, 0.3) is 0 Å². The van der Waals surface area contributed by atoms with Crippen molar-refractivity contribution in [3.8, 4) is 5.75 Å². The fraction of sp³-hybridized carbons (Fsp3) is 0.333. The third-order valence-electron chi connectivity index (χ3n) is 1.66. The van der Waals surface area contributed by atoms with Crippen LogP contribution in [-0.2, 0) is 6.54 Å². The van der Waals surface area contributed by atoms with Gasteiger partial charge in [-0.25, -0.2) is 4.39 Å². The summed E-state index contributed by atoms with van der Waals surface area (Å²) in [5, 5.41) is 3.29. The largest absolute Gasteiger partial charge is 0.493 e. The summed E-state index contributed by atoms with van der Waals surface area (Å²) in [6, 6.07) is 2.92. The lowest BCUT2D eigenvalue weighted by atomic mass is 10.2. The van der Waals surface area contributed by atoms with Gasteiger partial charge in [0.25, 0.3) is 0 Å². The maximum atomic E-state index is 13.2. The van der Waals surface area contributed by atoms with Gasteiger partial charge >= 0.3 is 0 Å². The second kappa shape index (κ2) is 4.44. The van der Waals surface area contributed by atoms with E-state index >= 15 is 0 Å². The molecule has 13 heavy (non-hydrogen) atoms. The van der Waals surface area contributed by atoms with E-state index in [0.29, 0.717) is 11.6 Å². The van der Waals surface area contributed by atoms with Gasteiger partial charge in [0.05, 0.1) is 7.11 Å². The van der Waals surface area contributed by atoms with Gasteiger partial charge in [-0.2, -0.15) is 0 Å². The van der Waals surface area contributed by atoms with Gasteiger partial charge in [-0.1, -0.05) is 11.6 Å². The molecule has 0 bridgehead atoms. The Bertz CT molecular complexity index is 304. The maximum absolute atomic E-state index is 13.2. The van der Waals surface area contributed by atoms with E-state index < -0.39 is 5.82 Å². The fourth-order valence-electron chi connectivity index (χ4n) is 1.16. The average molecular weight is 204 g/mol. The number of rotatable bonds is 3. The Morgan fingerprint density at radius 1 is 1.54 bits per heavy atom. The van der Waals surface area contributed by atoms with Crippen molar-refractivity contribution >= 4 is 11.6 Å². The predicted molar refractivity (Wildman–Crippen MR) is 50.7 cm³/mol. The normalized spacial score (nSPS) is 10.2. The molecule has 72 valence electrons. The summed E-state index contributed by atoms with van der Waals surface area (Å²) in [5.41, 5.74) is 0.718. The molecule has 0 aromatic heterocycles. The summed E-state index contributed by atoms with van der Waals surface area (Å²) >= 11 is 5.69. The van der Waals surface area contributed by atoms with E-state index in [-0.39, 0.29) is 5.75 Å². The second-order valence-electron chi connectivity index (χ2n) is 2.61. The quantitative estimate of drug-likeness (QED) is 0.814. The van der Waals surface area contributed by atoms with Crippen LogP contribution in [0.15, 0.2) is 12.1 Å². The first-order valence-corrected chi connectivity index (χ1v) is 4.23. The second-order valence-corrected chi connectivity index (χ2v) is 3.05. The van der Waals surface area contributed by atoms with E-state index in [2.05, 4.69) is 5.32 Å². The van der Waals surface area contributed by atoms with E-state index in [0.717, 1.165) is 5.56 Å². The molecule has 4 heteroatoms. The summed E-state index contributed by atoms with van der Waals surface area (Å²) in [7, 11) is 3.21. The van der Waals surface area contributed by atoms with Gasteiger partial charge in [-0.05, 0) is 19.2 Å². The molecule has 0 unspecified atom stereocenters. The van der Waals surface area contributed by atoms with Gasteiger partial charge < -0.3 is 10.1 Å². The molecule has 1 N–H and O–H groups in total. The molecule has 1 rings (SSSR count). The molecule has 2 nitrogen and oxygen atoms in total. The van der Waals surface area contributed by atoms with Crippen molar-refractivity contribution in [3.63, 3.8) is 0 Å². The SMILES string of the molecule is CNCc1cc(Cl)cc(F)c1OC. The van der Waals surface area contributed by atoms with Gasteiger partial charge in [-0.3, -0.25) is 0 Å². The molecule has 1 aromatic carbocycles. The van der Waals surface area contributed by atoms with Gasteiger partial charge in [0.2, 0.25) is 0 Å². The van der Waals surface area contributed by atoms with Crippen molar-refractivity contribution in [2.24, 2.45) is 0 Å². The van der Waals surface area contributed by atoms with E-state index in [1.54, 1.807) is 13.1 Å². The third-order valence-corrected chi connectivity index (χ3v) is 1.87. The van der Waals surface area contributed by atoms with Gasteiger partial charge in [-0.15, -0.1) is 0 Å². The molecule has 0 saturated carbocycles. The van der Waals surface area contributed by atoms with Crippen molar-refractivity contribution < 1.29 is 9.13 Å². The number of benzene rings is 1. The van der Waals surface area contributed by atoms with Crippen LogP contribution >= 0.6 is 11.6 Å². The number of nitrogens with one attached hydrogen (secondary N) is 1. The summed E-state index contributed by atoms with van der Waals surface area (Å²) in [6.45, 7) is 0.528. The highest BCUT2D eigenvalue weighted by molar-refractivity contribution is 6.30. The van der Waals surface area contributed by atoms with E-state index in [4.69, 9.17) is 16.3 Å². The first-order valence-electron chi connectivity index (χ1n) is 3.85. The molecule has 0 fully saturated rings. The minimum Gasteiger partial charge on any atom is -0.493 e. The Morgan fingerprint density at radius 3 is 2.77 bits per heavy atom. The Kier molecular flexibility index (Phi) is 3.51. The number of halogens is 2. The summed E-state index contributed by atoms with van der Waals surface area (Å²) in [6.07, 6.45) is 0. The van der Waals surface area contributed by atoms with Crippen molar-refractivity contribution in [1.29, 1.82) is 0 Å². The van der Waals surface area contributed by atoms with E-state index in [1.165, 1.54) is 13.2 Å². The summed E-state index contributed by atoms with van der Waals surface area (Å²) < 4.78 is 18.1. The highest BCUT2D eigenvalue weighted by Gasteiger charge is 2.09. The summed E-state index contributed by atoms with van der Waals surface area (Å²) in [5.74, 6) is -0.181. The first kappa shape index (κ1) is 10.3. The molecule has 0 aliphatic heterocycles. The van der Waals surface area contributed by atoms with E-state index in [9.17, 15) is 4.39 Å². The van der Waals surface area contributed by atoms with Crippen LogP contribution in [0.3, 0.4) is 0 Å². The lowest BCUT2D eigenvalue weighted by Gasteiger charge is -2.09. The number of methoxy groups -OCH3 is 1. The van der Waals surface area contributed by atoms with Gasteiger partial charge in [0.15, 0.2) is 11.6 Å². The third kappa shape index (κ3) is 2.32. The fourth-order valence-corrected chi connectivity index (χ4v) is 1.39. The Labute approximate surface area is 81.7 Å². The number of ether oxygens (including phenoxy) is 1. The zero-order valence-electron chi connectivity index (χ0n) is 7.53. The molecular weight excluding hydrogens is 193 g/mol. The molecule has 0 amide bonds. The van der Waals surface area contributed by atoms with Crippen LogP contribution in [0.1, 0.15) is 5.56 Å². The zero-order valence-corrected chi connectivity index (χ0v) is 8.28. The lowest BCUT2D eigenvalue weighted by Crippen LogP contribution is -2.07. The summed E-state index contributed by atoms with van der Waals surface area (Å²) in [4.78, 5) is 0. The standard InChI is InChI=1S/C9H11ClFNO/c1-12-5-6-3-7(10)4-8(11)9(6)13-2/h3-4,12H,5H2,1-2H3. The average Bonchev–Trinajstić information content (AvgIpc) is 2.04. The van der Waals surface area contributed by atoms with Crippen LogP contribution in [-0.4, -0.2) is 14.2 Å². The predicted octanol–water partition coefficient (Wildman–Crippen LogP) is 2.21. The molecule has 0 atom stereocenters. The molecule has 0 aliphatic rings. The minimum atomic E-state index is -0.430. The van der Waals surface area contributed by atoms with Crippen LogP contribution < -0.4 is 10.1 Å². The van der Waals surface area contributed by atoms with Crippen LogP contribution in [0.5, 0.6) is 5.75 Å². The zero-order chi connectivity index (χ0) is 9.84. The minimum absolute atomic E-state index is 0.249. The smallest absolute Gasteiger partial charge is 0.166 e. The monoisotopic (exact) mass is 203 g/mol. The van der Waals surface area contributed by atoms with Crippen molar-refractivity contribution in [2.45, 2.75) is 6.54 Å². The van der Waals surface area contributed by atoms with Crippen molar-refractivity contribution in [3.05, 3.63) is 28.5 Å². The van der Waals surface area contributed by atoms with Crippen LogP contribution in [0.4, 0.5) is 4.39 Å². The Hall–Kier alpha value is -0.800. The van der Waals surface area contributed by atoms with Crippen LogP contribution in [0, 0.1) is 5.82 Å². The highest BCUT2D eigenvalue weighted by atomic mass is 35.5. The molecule has 0 heterocycles. The molecule has 0 aliphatic carbocycles. The molecule has 0 radical (unpaired) electrons. The maximum Gasteiger partial charge on any atom is 0.166 e. The molecule has 0 spiro atoms. The van der Waals surface area contributed by atoms with Crippen molar-refractivity contribution in [2.75, 3.05) is 14.2 Å². The van der Waals surface area contributed by atoms with Crippen molar-refractivity contribution in [1.82, 2.24) is 5.32 Å². The van der Waals surface area contributed by atoms with Crippen LogP contribution in [0.2, 0.25) is 5.02 Å². The van der Waals surface area contributed by atoms with Gasteiger partial charge in [0.1, 0.15) is 0 Å². The molecule has 1 aromatic rings. The van der Waals surface area contributed by atoms with E-state index in [1.807, 2.05) is 0 Å².